The molecule has 3 nitrogen and oxygen atoms in total. The fourth-order valence-electron chi connectivity index (χ4n) is 2.31. The summed E-state index contributed by atoms with van der Waals surface area (Å²) in [7, 11) is 2.02. The molecule has 0 unspecified atom stereocenters. The van der Waals surface area contributed by atoms with Crippen LogP contribution in [0.3, 0.4) is 0 Å². The third-order valence-electron chi connectivity index (χ3n) is 3.43. The van der Waals surface area contributed by atoms with E-state index in [1.54, 1.807) is 0 Å². The predicted molar refractivity (Wildman–Crippen MR) is 72.4 cm³/mol. The molecule has 1 aromatic rings. The first-order valence-corrected chi connectivity index (χ1v) is 6.56. The second kappa shape index (κ2) is 6.19. The zero-order chi connectivity index (χ0) is 15.5. The lowest BCUT2D eigenvalue weighted by molar-refractivity contribution is -0.274. The third kappa shape index (κ3) is 4.23. The number of nitriles is 1. The summed E-state index contributed by atoms with van der Waals surface area (Å²) in [6, 6.07) is 7.61. The topological polar surface area (TPSA) is 36.3 Å². The van der Waals surface area contributed by atoms with Gasteiger partial charge in [-0.3, -0.25) is 0 Å². The molecule has 1 heterocycles. The number of rotatable bonds is 2. The van der Waals surface area contributed by atoms with Gasteiger partial charge in [0.25, 0.3) is 0 Å². The van der Waals surface area contributed by atoms with Gasteiger partial charge in [-0.05, 0) is 55.3 Å². The summed E-state index contributed by atoms with van der Waals surface area (Å²) in [5.74, 6) is -0.281. The number of halogens is 3. The van der Waals surface area contributed by atoms with Gasteiger partial charge in [0.05, 0.1) is 11.6 Å². The van der Waals surface area contributed by atoms with Crippen LogP contribution in [0.25, 0.3) is 5.57 Å². The Morgan fingerprint density at radius 3 is 2.24 bits per heavy atom. The largest absolute Gasteiger partial charge is 0.573 e. The Kier molecular flexibility index (Phi) is 4.53. The monoisotopic (exact) mass is 296 g/mol. The minimum absolute atomic E-state index is 0.281. The number of likely N-dealkylation sites (tertiary alicyclic amines) is 1. The minimum Gasteiger partial charge on any atom is -0.406 e. The molecule has 2 rings (SSSR count). The van der Waals surface area contributed by atoms with Crippen LogP contribution < -0.4 is 4.74 Å². The first-order valence-electron chi connectivity index (χ1n) is 6.56. The number of hydrogen-bond acceptors (Lipinski definition) is 3. The van der Waals surface area contributed by atoms with E-state index in [4.69, 9.17) is 0 Å². The summed E-state index contributed by atoms with van der Waals surface area (Å²) in [6.07, 6.45) is -3.09. The van der Waals surface area contributed by atoms with Gasteiger partial charge in [0.15, 0.2) is 0 Å². The highest BCUT2D eigenvalue weighted by Crippen LogP contribution is 2.28. The normalized spacial score (nSPS) is 16.4. The van der Waals surface area contributed by atoms with Crippen LogP contribution in [0, 0.1) is 11.3 Å². The van der Waals surface area contributed by atoms with Crippen molar-refractivity contribution in [3.63, 3.8) is 0 Å². The maximum Gasteiger partial charge on any atom is 0.573 e. The average Bonchev–Trinajstić information content (AvgIpc) is 2.42. The zero-order valence-electron chi connectivity index (χ0n) is 11.6. The van der Waals surface area contributed by atoms with E-state index in [0.29, 0.717) is 11.1 Å². The highest BCUT2D eigenvalue weighted by atomic mass is 19.4. The Labute approximate surface area is 121 Å². The summed E-state index contributed by atoms with van der Waals surface area (Å²) in [5.41, 5.74) is 2.24. The van der Waals surface area contributed by atoms with Gasteiger partial charge in [0.2, 0.25) is 0 Å². The molecule has 1 aromatic carbocycles. The second-order valence-corrected chi connectivity index (χ2v) is 4.97. The average molecular weight is 296 g/mol. The Bertz CT molecular complexity index is 560. The predicted octanol–water partition coefficient (Wildman–Crippen LogP) is 3.59. The lowest BCUT2D eigenvalue weighted by Gasteiger charge is -2.25. The first-order chi connectivity index (χ1) is 9.89. The molecule has 1 saturated heterocycles. The number of ether oxygens (including phenoxy) is 1. The zero-order valence-corrected chi connectivity index (χ0v) is 11.6. The molecular formula is C15H15F3N2O. The van der Waals surface area contributed by atoms with Crippen LogP contribution in [-0.2, 0) is 0 Å². The second-order valence-electron chi connectivity index (χ2n) is 4.97. The standard InChI is InChI=1S/C15H15F3N2O/c1-20-8-6-12(7-9-20)14(10-19)11-2-4-13(5-3-11)21-15(16,17)18/h2-5H,6-9H2,1H3. The highest BCUT2D eigenvalue weighted by Gasteiger charge is 2.31. The van der Waals surface area contributed by atoms with Crippen molar-refractivity contribution in [1.29, 1.82) is 5.26 Å². The molecule has 0 amide bonds. The van der Waals surface area contributed by atoms with Gasteiger partial charge >= 0.3 is 6.36 Å². The Morgan fingerprint density at radius 1 is 1.19 bits per heavy atom. The molecule has 112 valence electrons. The van der Waals surface area contributed by atoms with E-state index < -0.39 is 6.36 Å². The highest BCUT2D eigenvalue weighted by molar-refractivity contribution is 5.79. The number of nitrogens with zero attached hydrogens (tertiary/aromatic N) is 2. The SMILES string of the molecule is CN1CCC(=C(C#N)c2ccc(OC(F)(F)F)cc2)CC1. The van der Waals surface area contributed by atoms with E-state index in [9.17, 15) is 18.4 Å². The van der Waals surface area contributed by atoms with Crippen LogP contribution in [0.4, 0.5) is 13.2 Å². The van der Waals surface area contributed by atoms with Crippen LogP contribution in [-0.4, -0.2) is 31.4 Å². The number of hydrogen-bond donors (Lipinski definition) is 0. The van der Waals surface area contributed by atoms with Crippen LogP contribution in [0.5, 0.6) is 5.75 Å². The van der Waals surface area contributed by atoms with Crippen molar-refractivity contribution in [1.82, 2.24) is 4.90 Å². The molecule has 0 atom stereocenters. The molecule has 0 aliphatic carbocycles. The summed E-state index contributed by atoms with van der Waals surface area (Å²) >= 11 is 0. The molecule has 0 bridgehead atoms. The van der Waals surface area contributed by atoms with Crippen molar-refractivity contribution >= 4 is 5.57 Å². The van der Waals surface area contributed by atoms with Gasteiger partial charge in [-0.15, -0.1) is 13.2 Å². The fraction of sp³-hybridized carbons (Fsp3) is 0.400. The van der Waals surface area contributed by atoms with E-state index in [2.05, 4.69) is 15.7 Å². The van der Waals surface area contributed by atoms with Gasteiger partial charge in [-0.1, -0.05) is 0 Å². The Morgan fingerprint density at radius 2 is 1.76 bits per heavy atom. The number of piperidine rings is 1. The molecular weight excluding hydrogens is 281 g/mol. The van der Waals surface area contributed by atoms with E-state index in [0.717, 1.165) is 31.5 Å². The van der Waals surface area contributed by atoms with Crippen molar-refractivity contribution in [2.24, 2.45) is 0 Å². The molecule has 0 radical (unpaired) electrons. The van der Waals surface area contributed by atoms with Gasteiger partial charge in [0.1, 0.15) is 5.75 Å². The van der Waals surface area contributed by atoms with Gasteiger partial charge in [-0.25, -0.2) is 0 Å². The van der Waals surface area contributed by atoms with E-state index >= 15 is 0 Å². The molecule has 6 heteroatoms. The van der Waals surface area contributed by atoms with Crippen LogP contribution in [0.2, 0.25) is 0 Å². The van der Waals surface area contributed by atoms with Crippen molar-refractivity contribution in [2.45, 2.75) is 19.2 Å². The van der Waals surface area contributed by atoms with Gasteiger partial charge < -0.3 is 9.64 Å². The summed E-state index contributed by atoms with van der Waals surface area (Å²) in [4.78, 5) is 2.18. The van der Waals surface area contributed by atoms with Crippen molar-refractivity contribution in [3.05, 3.63) is 35.4 Å². The van der Waals surface area contributed by atoms with Gasteiger partial charge in [-0.2, -0.15) is 5.26 Å². The summed E-state index contributed by atoms with van der Waals surface area (Å²) < 4.78 is 40.1. The molecule has 21 heavy (non-hydrogen) atoms. The van der Waals surface area contributed by atoms with Crippen molar-refractivity contribution in [3.8, 4) is 11.8 Å². The molecule has 1 fully saturated rings. The number of allylic oxidation sites excluding steroid dienone is 1. The molecule has 1 aliphatic heterocycles. The maximum absolute atomic E-state index is 12.1. The maximum atomic E-state index is 12.1. The van der Waals surface area contributed by atoms with Crippen LogP contribution in [0.15, 0.2) is 29.8 Å². The molecule has 0 N–H and O–H groups in total. The van der Waals surface area contributed by atoms with Crippen LogP contribution >= 0.6 is 0 Å². The first kappa shape index (κ1) is 15.4. The minimum atomic E-state index is -4.70. The third-order valence-corrected chi connectivity index (χ3v) is 3.43. The lowest BCUT2D eigenvalue weighted by Crippen LogP contribution is -2.26. The number of alkyl halides is 3. The quantitative estimate of drug-likeness (QED) is 0.783. The van der Waals surface area contributed by atoms with E-state index in [1.165, 1.54) is 24.3 Å². The van der Waals surface area contributed by atoms with Crippen LogP contribution in [0.1, 0.15) is 18.4 Å². The summed E-state index contributed by atoms with van der Waals surface area (Å²) in [5, 5.41) is 9.32. The van der Waals surface area contributed by atoms with Gasteiger partial charge in [0, 0.05) is 13.1 Å². The van der Waals surface area contributed by atoms with Crippen molar-refractivity contribution in [2.75, 3.05) is 20.1 Å². The van der Waals surface area contributed by atoms with E-state index in [1.807, 2.05) is 7.05 Å². The molecule has 0 spiro atoms. The fourth-order valence-corrected chi connectivity index (χ4v) is 2.31. The Balaban J connectivity index is 2.20. The molecule has 0 saturated carbocycles. The Hall–Kier alpha value is -2.00. The molecule has 1 aliphatic rings. The van der Waals surface area contributed by atoms with E-state index in [-0.39, 0.29) is 5.75 Å². The van der Waals surface area contributed by atoms with Crippen molar-refractivity contribution < 1.29 is 17.9 Å². The number of benzene rings is 1. The smallest absolute Gasteiger partial charge is 0.406 e. The summed E-state index contributed by atoms with van der Waals surface area (Å²) in [6.45, 7) is 1.77. The lowest BCUT2D eigenvalue weighted by atomic mass is 9.94. The molecule has 0 aromatic heterocycles.